The Kier molecular flexibility index (Phi) is 6.15. The molecule has 0 aliphatic carbocycles. The molecule has 1 amide bonds. The van der Waals surface area contributed by atoms with Crippen LogP contribution in [0, 0.1) is 11.7 Å². The predicted octanol–water partition coefficient (Wildman–Crippen LogP) is 3.70. The summed E-state index contributed by atoms with van der Waals surface area (Å²) < 4.78 is 26.4. The standard InChI is InChI=1S/C26H28FN5O3/c1-17-23(26(33)31-15-13-30(14-16-31)19-9-7-18(27)8-10-19)24(32-22(29-17)11-12-28-32)20-5-4-6-21(34-2)25(20)35-3/h4-12,23-24H,13-16H2,1-3H3. The fourth-order valence-corrected chi connectivity index (χ4v) is 5.03. The monoisotopic (exact) mass is 477 g/mol. The van der Waals surface area contributed by atoms with Crippen molar-refractivity contribution in [2.75, 3.05) is 45.3 Å². The number of piperazine rings is 1. The number of carbonyl (C=O) groups is 1. The summed E-state index contributed by atoms with van der Waals surface area (Å²) in [6.45, 7) is 4.36. The lowest BCUT2D eigenvalue weighted by Crippen LogP contribution is -2.53. The quantitative estimate of drug-likeness (QED) is 0.560. The number of amides is 1. The molecular formula is C26H28FN5O3. The lowest BCUT2D eigenvalue weighted by molar-refractivity contribution is -0.134. The zero-order valence-corrected chi connectivity index (χ0v) is 20.0. The number of aromatic nitrogens is 2. The highest BCUT2D eigenvalue weighted by atomic mass is 19.1. The number of rotatable bonds is 5. The van der Waals surface area contributed by atoms with Crippen molar-refractivity contribution < 1.29 is 18.7 Å². The zero-order chi connectivity index (χ0) is 24.5. The number of hydrogen-bond acceptors (Lipinski definition) is 6. The Labute approximate surface area is 203 Å². The van der Waals surface area contributed by atoms with Gasteiger partial charge in [0.15, 0.2) is 17.3 Å². The van der Waals surface area contributed by atoms with Gasteiger partial charge in [0.1, 0.15) is 11.7 Å². The molecule has 8 nitrogen and oxygen atoms in total. The first-order valence-electron chi connectivity index (χ1n) is 11.6. The molecule has 5 rings (SSSR count). The first-order chi connectivity index (χ1) is 17.0. The van der Waals surface area contributed by atoms with Crippen molar-refractivity contribution in [2.24, 2.45) is 10.9 Å². The number of fused-ring (bicyclic) bond motifs is 1. The van der Waals surface area contributed by atoms with E-state index in [2.05, 4.69) is 10.00 Å². The second-order valence-corrected chi connectivity index (χ2v) is 8.68. The second kappa shape index (κ2) is 9.40. The number of para-hydroxylation sites is 1. The van der Waals surface area contributed by atoms with E-state index in [1.54, 1.807) is 37.2 Å². The maximum atomic E-state index is 14.0. The fourth-order valence-electron chi connectivity index (χ4n) is 5.03. The van der Waals surface area contributed by atoms with Gasteiger partial charge in [-0.05, 0) is 37.3 Å². The van der Waals surface area contributed by atoms with E-state index >= 15 is 0 Å². The maximum Gasteiger partial charge on any atom is 0.234 e. The van der Waals surface area contributed by atoms with Gasteiger partial charge in [-0.2, -0.15) is 5.10 Å². The topological polar surface area (TPSA) is 72.2 Å². The highest BCUT2D eigenvalue weighted by Gasteiger charge is 2.42. The van der Waals surface area contributed by atoms with Gasteiger partial charge in [-0.1, -0.05) is 12.1 Å². The molecule has 0 saturated carbocycles. The summed E-state index contributed by atoms with van der Waals surface area (Å²) in [5.74, 6) is 1.07. The summed E-state index contributed by atoms with van der Waals surface area (Å²) in [6, 6.07) is 13.6. The van der Waals surface area contributed by atoms with E-state index in [-0.39, 0.29) is 11.7 Å². The molecule has 1 fully saturated rings. The van der Waals surface area contributed by atoms with Crippen molar-refractivity contribution in [3.05, 3.63) is 66.1 Å². The van der Waals surface area contributed by atoms with Crippen LogP contribution in [0.2, 0.25) is 0 Å². The van der Waals surface area contributed by atoms with Crippen LogP contribution in [0.25, 0.3) is 0 Å². The minimum Gasteiger partial charge on any atom is -0.493 e. The molecule has 2 unspecified atom stereocenters. The lowest BCUT2D eigenvalue weighted by Gasteiger charge is -2.40. The van der Waals surface area contributed by atoms with E-state index < -0.39 is 12.0 Å². The highest BCUT2D eigenvalue weighted by molar-refractivity contribution is 6.05. The Morgan fingerprint density at radius 2 is 1.74 bits per heavy atom. The zero-order valence-electron chi connectivity index (χ0n) is 20.0. The Bertz CT molecular complexity index is 1250. The normalized spacial score (nSPS) is 19.7. The van der Waals surface area contributed by atoms with E-state index in [0.29, 0.717) is 43.5 Å². The summed E-state index contributed by atoms with van der Waals surface area (Å²) >= 11 is 0. The van der Waals surface area contributed by atoms with Crippen LogP contribution in [-0.4, -0.2) is 66.7 Å². The lowest BCUT2D eigenvalue weighted by atomic mass is 9.86. The van der Waals surface area contributed by atoms with Gasteiger partial charge < -0.3 is 19.3 Å². The van der Waals surface area contributed by atoms with E-state index in [0.717, 1.165) is 17.0 Å². The van der Waals surface area contributed by atoms with Gasteiger partial charge in [-0.15, -0.1) is 0 Å². The summed E-state index contributed by atoms with van der Waals surface area (Å²) in [4.78, 5) is 22.7. The summed E-state index contributed by atoms with van der Waals surface area (Å²) in [7, 11) is 3.19. The molecule has 1 aromatic heterocycles. The van der Waals surface area contributed by atoms with Crippen molar-refractivity contribution in [1.29, 1.82) is 0 Å². The molecular weight excluding hydrogens is 449 g/mol. The van der Waals surface area contributed by atoms with Gasteiger partial charge in [-0.25, -0.2) is 14.1 Å². The molecule has 0 spiro atoms. The van der Waals surface area contributed by atoms with Crippen LogP contribution in [0.3, 0.4) is 0 Å². The molecule has 0 N–H and O–H groups in total. The largest absolute Gasteiger partial charge is 0.493 e. The number of benzene rings is 2. The van der Waals surface area contributed by atoms with Crippen molar-refractivity contribution in [3.8, 4) is 11.5 Å². The Morgan fingerprint density at radius 1 is 1.00 bits per heavy atom. The Hall–Kier alpha value is -3.88. The molecule has 182 valence electrons. The third-order valence-corrected chi connectivity index (χ3v) is 6.77. The minimum absolute atomic E-state index is 0.000953. The van der Waals surface area contributed by atoms with Gasteiger partial charge in [0.25, 0.3) is 0 Å². The van der Waals surface area contributed by atoms with E-state index in [1.807, 2.05) is 36.1 Å². The highest BCUT2D eigenvalue weighted by Crippen LogP contribution is 2.43. The molecule has 0 radical (unpaired) electrons. The van der Waals surface area contributed by atoms with Crippen molar-refractivity contribution in [3.63, 3.8) is 0 Å². The number of methoxy groups -OCH3 is 2. The van der Waals surface area contributed by atoms with Crippen LogP contribution in [0.4, 0.5) is 15.9 Å². The first kappa shape index (κ1) is 22.9. The van der Waals surface area contributed by atoms with Crippen molar-refractivity contribution in [2.45, 2.75) is 13.0 Å². The van der Waals surface area contributed by atoms with Crippen LogP contribution in [0.1, 0.15) is 18.5 Å². The average Bonchev–Trinajstić information content (AvgIpc) is 3.35. The number of ether oxygens (including phenoxy) is 2. The first-order valence-corrected chi connectivity index (χ1v) is 11.6. The van der Waals surface area contributed by atoms with E-state index in [4.69, 9.17) is 14.5 Å². The average molecular weight is 478 g/mol. The Morgan fingerprint density at radius 3 is 2.43 bits per heavy atom. The van der Waals surface area contributed by atoms with Crippen molar-refractivity contribution in [1.82, 2.24) is 14.7 Å². The molecule has 1 saturated heterocycles. The van der Waals surface area contributed by atoms with Crippen molar-refractivity contribution >= 4 is 23.1 Å². The third kappa shape index (κ3) is 4.11. The number of anilines is 1. The molecule has 2 aliphatic rings. The predicted molar refractivity (Wildman–Crippen MR) is 131 cm³/mol. The molecule has 2 aliphatic heterocycles. The number of aliphatic imine (C=N–C) groups is 1. The molecule has 2 atom stereocenters. The molecule has 35 heavy (non-hydrogen) atoms. The van der Waals surface area contributed by atoms with Crippen LogP contribution in [-0.2, 0) is 4.79 Å². The summed E-state index contributed by atoms with van der Waals surface area (Å²) in [5, 5.41) is 4.52. The number of carbonyl (C=O) groups excluding carboxylic acids is 1. The maximum absolute atomic E-state index is 14.0. The summed E-state index contributed by atoms with van der Waals surface area (Å²) in [6.07, 6.45) is 1.69. The molecule has 3 heterocycles. The third-order valence-electron chi connectivity index (χ3n) is 6.77. The van der Waals surface area contributed by atoms with Gasteiger partial charge >= 0.3 is 0 Å². The number of nitrogens with zero attached hydrogens (tertiary/aromatic N) is 5. The second-order valence-electron chi connectivity index (χ2n) is 8.68. The number of hydrogen-bond donors (Lipinski definition) is 0. The molecule has 0 bridgehead atoms. The Balaban J connectivity index is 1.45. The molecule has 2 aromatic carbocycles. The van der Waals surface area contributed by atoms with Crippen LogP contribution < -0.4 is 14.4 Å². The molecule has 9 heteroatoms. The van der Waals surface area contributed by atoms with Gasteiger partial charge in [0.05, 0.1) is 26.5 Å². The van der Waals surface area contributed by atoms with Crippen LogP contribution in [0.5, 0.6) is 11.5 Å². The number of halogens is 1. The molecule has 3 aromatic rings. The van der Waals surface area contributed by atoms with E-state index in [1.165, 1.54) is 12.1 Å². The van der Waals surface area contributed by atoms with Gasteiger partial charge in [-0.3, -0.25) is 4.79 Å². The van der Waals surface area contributed by atoms with Gasteiger partial charge in [0, 0.05) is 49.2 Å². The fraction of sp³-hybridized carbons (Fsp3) is 0.346. The van der Waals surface area contributed by atoms with Gasteiger partial charge in [0.2, 0.25) is 5.91 Å². The summed E-state index contributed by atoms with van der Waals surface area (Å²) in [5.41, 5.74) is 2.50. The minimum atomic E-state index is -0.541. The van der Waals surface area contributed by atoms with Crippen LogP contribution >= 0.6 is 0 Å². The van der Waals surface area contributed by atoms with E-state index in [9.17, 15) is 9.18 Å². The SMILES string of the molecule is COc1cccc(C2C(C(=O)N3CCN(c4ccc(F)cc4)CC3)C(C)=Nc3ccnn32)c1OC. The smallest absolute Gasteiger partial charge is 0.234 e. The van der Waals surface area contributed by atoms with Crippen LogP contribution in [0.15, 0.2) is 59.7 Å².